The second-order valence-corrected chi connectivity index (χ2v) is 6.47. The smallest absolute Gasteiger partial charge is 0.322 e. The third-order valence-electron chi connectivity index (χ3n) is 3.73. The molecule has 0 heterocycles. The fourth-order valence-electron chi connectivity index (χ4n) is 2.38. The van der Waals surface area contributed by atoms with Gasteiger partial charge in [-0.3, -0.25) is 19.2 Å². The Hall–Kier alpha value is -3.10. The SMILES string of the molecule is CC(=O)NC(Cc1ccc(O)cc1)C(=O)NC(C(=O)NCC(=O)O)C(C)C. The van der Waals surface area contributed by atoms with E-state index in [9.17, 15) is 24.3 Å². The second kappa shape index (κ2) is 10.1. The molecule has 1 aromatic carbocycles. The van der Waals surface area contributed by atoms with E-state index in [0.29, 0.717) is 5.56 Å². The highest BCUT2D eigenvalue weighted by atomic mass is 16.4. The third kappa shape index (κ3) is 7.76. The number of nitrogens with one attached hydrogen (secondary N) is 3. The van der Waals surface area contributed by atoms with Crippen molar-refractivity contribution in [1.82, 2.24) is 16.0 Å². The zero-order chi connectivity index (χ0) is 20.6. The Morgan fingerprint density at radius 1 is 1.00 bits per heavy atom. The van der Waals surface area contributed by atoms with E-state index < -0.39 is 42.3 Å². The van der Waals surface area contributed by atoms with Crippen molar-refractivity contribution in [3.8, 4) is 5.75 Å². The van der Waals surface area contributed by atoms with Gasteiger partial charge in [0.05, 0.1) is 0 Å². The zero-order valence-corrected chi connectivity index (χ0v) is 15.5. The summed E-state index contributed by atoms with van der Waals surface area (Å²) >= 11 is 0. The molecule has 2 atom stereocenters. The van der Waals surface area contributed by atoms with Crippen LogP contribution in [0.5, 0.6) is 5.75 Å². The fourth-order valence-corrected chi connectivity index (χ4v) is 2.38. The Morgan fingerprint density at radius 3 is 2.07 bits per heavy atom. The molecular formula is C18H25N3O6. The van der Waals surface area contributed by atoms with Gasteiger partial charge < -0.3 is 26.2 Å². The van der Waals surface area contributed by atoms with Crippen molar-refractivity contribution in [3.63, 3.8) is 0 Å². The molecule has 0 fully saturated rings. The van der Waals surface area contributed by atoms with E-state index in [1.807, 2.05) is 0 Å². The number of hydrogen-bond acceptors (Lipinski definition) is 5. The summed E-state index contributed by atoms with van der Waals surface area (Å²) in [5.74, 6) is -3.01. The summed E-state index contributed by atoms with van der Waals surface area (Å²) in [7, 11) is 0. The fraction of sp³-hybridized carbons (Fsp3) is 0.444. The monoisotopic (exact) mass is 379 g/mol. The van der Waals surface area contributed by atoms with Gasteiger partial charge in [-0.25, -0.2) is 0 Å². The van der Waals surface area contributed by atoms with Crippen LogP contribution < -0.4 is 16.0 Å². The number of aromatic hydroxyl groups is 1. The number of rotatable bonds is 9. The van der Waals surface area contributed by atoms with Crippen LogP contribution in [0.4, 0.5) is 0 Å². The van der Waals surface area contributed by atoms with E-state index in [0.717, 1.165) is 0 Å². The van der Waals surface area contributed by atoms with Crippen LogP contribution in [0, 0.1) is 5.92 Å². The summed E-state index contributed by atoms with van der Waals surface area (Å²) in [5, 5.41) is 25.4. The van der Waals surface area contributed by atoms with Gasteiger partial charge in [0.2, 0.25) is 17.7 Å². The highest BCUT2D eigenvalue weighted by Crippen LogP contribution is 2.12. The number of carboxylic acids is 1. The van der Waals surface area contributed by atoms with Crippen molar-refractivity contribution in [2.45, 2.75) is 39.3 Å². The van der Waals surface area contributed by atoms with Gasteiger partial charge >= 0.3 is 5.97 Å². The summed E-state index contributed by atoms with van der Waals surface area (Å²) in [6.45, 7) is 4.13. The molecule has 5 N–H and O–H groups in total. The lowest BCUT2D eigenvalue weighted by atomic mass is 10.0. The number of carbonyl (C=O) groups is 4. The lowest BCUT2D eigenvalue weighted by Gasteiger charge is -2.25. The van der Waals surface area contributed by atoms with Crippen LogP contribution in [0.15, 0.2) is 24.3 Å². The van der Waals surface area contributed by atoms with E-state index in [2.05, 4.69) is 16.0 Å². The maximum atomic E-state index is 12.6. The summed E-state index contributed by atoms with van der Waals surface area (Å²) in [4.78, 5) is 46.9. The quantitative estimate of drug-likeness (QED) is 0.401. The lowest BCUT2D eigenvalue weighted by Crippen LogP contribution is -2.56. The molecule has 9 heteroatoms. The number of benzene rings is 1. The third-order valence-corrected chi connectivity index (χ3v) is 3.73. The molecule has 27 heavy (non-hydrogen) atoms. The number of aliphatic carboxylic acids is 1. The van der Waals surface area contributed by atoms with Crippen LogP contribution in [0.25, 0.3) is 0 Å². The minimum absolute atomic E-state index is 0.0780. The second-order valence-electron chi connectivity index (χ2n) is 6.47. The van der Waals surface area contributed by atoms with Crippen molar-refractivity contribution >= 4 is 23.7 Å². The van der Waals surface area contributed by atoms with Gasteiger partial charge in [-0.1, -0.05) is 26.0 Å². The summed E-state index contributed by atoms with van der Waals surface area (Å²) in [6, 6.07) is 4.30. The average molecular weight is 379 g/mol. The van der Waals surface area contributed by atoms with Gasteiger partial charge in [-0.15, -0.1) is 0 Å². The first-order valence-electron chi connectivity index (χ1n) is 8.45. The van der Waals surface area contributed by atoms with Crippen molar-refractivity contribution in [3.05, 3.63) is 29.8 Å². The number of phenols is 1. The molecule has 9 nitrogen and oxygen atoms in total. The van der Waals surface area contributed by atoms with Crippen molar-refractivity contribution in [2.24, 2.45) is 5.92 Å². The van der Waals surface area contributed by atoms with Crippen molar-refractivity contribution in [1.29, 1.82) is 0 Å². The number of carbonyl (C=O) groups excluding carboxylic acids is 3. The van der Waals surface area contributed by atoms with Gasteiger partial charge in [0.25, 0.3) is 0 Å². The first-order valence-corrected chi connectivity index (χ1v) is 8.45. The van der Waals surface area contributed by atoms with Crippen molar-refractivity contribution < 1.29 is 29.4 Å². The van der Waals surface area contributed by atoms with E-state index in [4.69, 9.17) is 5.11 Å². The van der Waals surface area contributed by atoms with Gasteiger partial charge in [0.1, 0.15) is 24.4 Å². The van der Waals surface area contributed by atoms with E-state index >= 15 is 0 Å². The van der Waals surface area contributed by atoms with E-state index in [1.165, 1.54) is 19.1 Å². The van der Waals surface area contributed by atoms with Crippen LogP contribution in [0.1, 0.15) is 26.3 Å². The average Bonchev–Trinajstić information content (AvgIpc) is 2.57. The first kappa shape index (κ1) is 21.9. The highest BCUT2D eigenvalue weighted by Gasteiger charge is 2.28. The molecule has 1 rings (SSSR count). The number of amides is 3. The maximum Gasteiger partial charge on any atom is 0.322 e. The summed E-state index contributed by atoms with van der Waals surface area (Å²) in [5.41, 5.74) is 0.707. The minimum Gasteiger partial charge on any atom is -0.508 e. The highest BCUT2D eigenvalue weighted by molar-refractivity contribution is 5.92. The molecule has 3 amide bonds. The Bertz CT molecular complexity index is 687. The normalized spacial score (nSPS) is 12.7. The number of phenolic OH excluding ortho intramolecular Hbond substituents is 1. The minimum atomic E-state index is -1.19. The number of hydrogen-bond donors (Lipinski definition) is 5. The van der Waals surface area contributed by atoms with Crippen LogP contribution in [0.3, 0.4) is 0 Å². The van der Waals surface area contributed by atoms with Crippen LogP contribution in [-0.2, 0) is 25.6 Å². The van der Waals surface area contributed by atoms with Crippen LogP contribution >= 0.6 is 0 Å². The Balaban J connectivity index is 2.88. The Labute approximate surface area is 157 Å². The molecule has 2 unspecified atom stereocenters. The summed E-state index contributed by atoms with van der Waals surface area (Å²) < 4.78 is 0. The standard InChI is InChI=1S/C18H25N3O6/c1-10(2)16(18(27)19-9-15(24)25)21-17(26)14(20-11(3)22)8-12-4-6-13(23)7-5-12/h4-7,10,14,16,23H,8-9H2,1-3H3,(H,19,27)(H,20,22)(H,21,26)(H,24,25). The van der Waals surface area contributed by atoms with E-state index in [-0.39, 0.29) is 18.1 Å². The Morgan fingerprint density at radius 2 is 1.59 bits per heavy atom. The summed E-state index contributed by atoms with van der Waals surface area (Å²) in [6.07, 6.45) is 0.160. The van der Waals surface area contributed by atoms with Gasteiger partial charge in [0.15, 0.2) is 0 Å². The number of carboxylic acid groups (broad SMARTS) is 1. The molecule has 0 saturated carbocycles. The predicted octanol–water partition coefficient (Wildman–Crippen LogP) is -0.219. The van der Waals surface area contributed by atoms with Gasteiger partial charge in [0, 0.05) is 13.3 Å². The molecule has 0 aliphatic heterocycles. The molecule has 0 spiro atoms. The maximum absolute atomic E-state index is 12.6. The molecule has 0 aromatic heterocycles. The molecule has 0 aliphatic carbocycles. The van der Waals surface area contributed by atoms with Crippen LogP contribution in [0.2, 0.25) is 0 Å². The van der Waals surface area contributed by atoms with Gasteiger partial charge in [-0.2, -0.15) is 0 Å². The van der Waals surface area contributed by atoms with Gasteiger partial charge in [-0.05, 0) is 23.6 Å². The molecule has 1 aromatic rings. The molecule has 148 valence electrons. The molecule has 0 aliphatic rings. The zero-order valence-electron chi connectivity index (χ0n) is 15.5. The van der Waals surface area contributed by atoms with E-state index in [1.54, 1.807) is 26.0 Å². The molecule has 0 saturated heterocycles. The molecule has 0 bridgehead atoms. The largest absolute Gasteiger partial charge is 0.508 e. The van der Waals surface area contributed by atoms with Crippen LogP contribution in [-0.4, -0.2) is 52.5 Å². The molecule has 0 radical (unpaired) electrons. The molecular weight excluding hydrogens is 354 g/mol. The lowest BCUT2D eigenvalue weighted by molar-refractivity contribution is -0.138. The Kier molecular flexibility index (Phi) is 8.25. The topological polar surface area (TPSA) is 145 Å². The first-order chi connectivity index (χ1) is 12.6. The predicted molar refractivity (Wildman–Crippen MR) is 96.8 cm³/mol. The van der Waals surface area contributed by atoms with Crippen molar-refractivity contribution in [2.75, 3.05) is 6.54 Å².